The number of rotatable bonds is 6. The van der Waals surface area contributed by atoms with Crippen molar-refractivity contribution in [2.24, 2.45) is 17.8 Å². The number of aromatic nitrogens is 2. The molecular formula is C25H33N5O2. The van der Waals surface area contributed by atoms with Gasteiger partial charge >= 0.3 is 0 Å². The monoisotopic (exact) mass is 435 g/mol. The molecule has 1 saturated carbocycles. The van der Waals surface area contributed by atoms with E-state index in [1.165, 1.54) is 52.2 Å². The Morgan fingerprint density at radius 2 is 1.88 bits per heavy atom. The third kappa shape index (κ3) is 5.10. The van der Waals surface area contributed by atoms with Crippen molar-refractivity contribution in [2.45, 2.75) is 38.6 Å². The van der Waals surface area contributed by atoms with E-state index in [2.05, 4.69) is 25.7 Å². The lowest BCUT2D eigenvalue weighted by Crippen LogP contribution is -2.32. The van der Waals surface area contributed by atoms with Crippen LogP contribution in [0, 0.1) is 17.8 Å². The van der Waals surface area contributed by atoms with Crippen LogP contribution in [0.3, 0.4) is 0 Å². The lowest BCUT2D eigenvalue weighted by molar-refractivity contribution is -0.114. The average molecular weight is 436 g/mol. The summed E-state index contributed by atoms with van der Waals surface area (Å²) in [6.45, 7) is 7.14. The smallest absolute Gasteiger partial charge is 0.221 e. The van der Waals surface area contributed by atoms with E-state index in [0.717, 1.165) is 53.7 Å². The minimum Gasteiger partial charge on any atom is -0.381 e. The fourth-order valence-electron chi connectivity index (χ4n) is 5.69. The standard InChI is InChI=1S/C25H33N5O2/c1-17(31)26-22-4-2-3-19(11-22)24-5-6-25(29-28-24)27-23-12-20-15-30(16-21(20)13-23)14-18-7-9-32-10-8-18/h2-6,11,18,20-21,23H,7-10,12-16H2,1H3,(H,26,31)(H,27,29)/t20-,21+,23?. The second-order valence-electron chi connectivity index (χ2n) is 9.67. The van der Waals surface area contributed by atoms with Gasteiger partial charge in [0.1, 0.15) is 5.82 Å². The van der Waals surface area contributed by atoms with Crippen molar-refractivity contribution in [3.8, 4) is 11.3 Å². The Bertz CT molecular complexity index is 914. The number of likely N-dealkylation sites (tertiary alicyclic amines) is 1. The molecule has 170 valence electrons. The molecule has 3 fully saturated rings. The van der Waals surface area contributed by atoms with Crippen molar-refractivity contribution in [1.82, 2.24) is 15.1 Å². The van der Waals surface area contributed by atoms with Gasteiger partial charge in [-0.05, 0) is 67.7 Å². The zero-order valence-corrected chi connectivity index (χ0v) is 18.8. The van der Waals surface area contributed by atoms with Crippen LogP contribution in [0.5, 0.6) is 0 Å². The van der Waals surface area contributed by atoms with E-state index in [1.54, 1.807) is 0 Å². The van der Waals surface area contributed by atoms with E-state index >= 15 is 0 Å². The SMILES string of the molecule is CC(=O)Nc1cccc(-c2ccc(NC3C[C@@H]4CN(CC5CCOCC5)C[C@@H]4C3)nn2)c1. The molecule has 7 heteroatoms. The summed E-state index contributed by atoms with van der Waals surface area (Å²) in [7, 11) is 0. The number of ether oxygens (including phenoxy) is 1. The van der Waals surface area contributed by atoms with Crippen LogP contribution in [0.2, 0.25) is 0 Å². The molecule has 32 heavy (non-hydrogen) atoms. The molecule has 0 bridgehead atoms. The Hall–Kier alpha value is -2.51. The maximum Gasteiger partial charge on any atom is 0.221 e. The molecule has 7 nitrogen and oxygen atoms in total. The second-order valence-corrected chi connectivity index (χ2v) is 9.67. The third-order valence-electron chi connectivity index (χ3n) is 7.18. The molecule has 3 aliphatic rings. The lowest BCUT2D eigenvalue weighted by Gasteiger charge is -2.27. The first-order chi connectivity index (χ1) is 15.6. The lowest BCUT2D eigenvalue weighted by atomic mass is 10.00. The average Bonchev–Trinajstić information content (AvgIpc) is 3.32. The van der Waals surface area contributed by atoms with Gasteiger partial charge in [0.25, 0.3) is 0 Å². The van der Waals surface area contributed by atoms with Crippen molar-refractivity contribution in [3.63, 3.8) is 0 Å². The zero-order valence-electron chi connectivity index (χ0n) is 18.8. The van der Waals surface area contributed by atoms with Gasteiger partial charge in [-0.25, -0.2) is 0 Å². The summed E-state index contributed by atoms with van der Waals surface area (Å²) in [6.07, 6.45) is 4.89. The van der Waals surface area contributed by atoms with E-state index < -0.39 is 0 Å². The number of fused-ring (bicyclic) bond motifs is 1. The van der Waals surface area contributed by atoms with Gasteiger partial charge in [-0.1, -0.05) is 12.1 Å². The molecule has 2 aromatic rings. The summed E-state index contributed by atoms with van der Waals surface area (Å²) in [4.78, 5) is 14.0. The number of benzene rings is 1. The first-order valence-electron chi connectivity index (χ1n) is 11.9. The van der Waals surface area contributed by atoms with E-state index in [1.807, 2.05) is 36.4 Å². The van der Waals surface area contributed by atoms with Crippen LogP contribution >= 0.6 is 0 Å². The topological polar surface area (TPSA) is 79.4 Å². The van der Waals surface area contributed by atoms with Gasteiger partial charge in [-0.3, -0.25) is 4.79 Å². The Morgan fingerprint density at radius 3 is 2.56 bits per heavy atom. The van der Waals surface area contributed by atoms with Crippen molar-refractivity contribution in [1.29, 1.82) is 0 Å². The molecule has 1 aromatic carbocycles. The van der Waals surface area contributed by atoms with Gasteiger partial charge in [-0.15, -0.1) is 10.2 Å². The molecule has 1 aliphatic carbocycles. The normalized spacial score (nSPS) is 26.1. The van der Waals surface area contributed by atoms with E-state index in [9.17, 15) is 4.79 Å². The number of hydrogen-bond donors (Lipinski definition) is 2. The van der Waals surface area contributed by atoms with Gasteiger partial charge in [0, 0.05) is 57.1 Å². The number of hydrogen-bond acceptors (Lipinski definition) is 6. The predicted octanol–water partition coefficient (Wildman–Crippen LogP) is 3.65. The van der Waals surface area contributed by atoms with Gasteiger partial charge in [-0.2, -0.15) is 0 Å². The maximum atomic E-state index is 11.3. The van der Waals surface area contributed by atoms with Crippen molar-refractivity contribution in [2.75, 3.05) is 43.5 Å². The first-order valence-corrected chi connectivity index (χ1v) is 11.9. The fraction of sp³-hybridized carbons (Fsp3) is 0.560. The highest BCUT2D eigenvalue weighted by atomic mass is 16.5. The van der Waals surface area contributed by atoms with E-state index in [0.29, 0.717) is 6.04 Å². The van der Waals surface area contributed by atoms with Crippen LogP contribution in [-0.4, -0.2) is 59.9 Å². The van der Waals surface area contributed by atoms with Gasteiger partial charge in [0.2, 0.25) is 5.91 Å². The summed E-state index contributed by atoms with van der Waals surface area (Å²) < 4.78 is 5.51. The van der Waals surface area contributed by atoms with E-state index in [4.69, 9.17) is 4.74 Å². The van der Waals surface area contributed by atoms with Crippen LogP contribution in [0.15, 0.2) is 36.4 Å². The predicted molar refractivity (Wildman–Crippen MR) is 125 cm³/mol. The number of amides is 1. The minimum atomic E-state index is -0.0826. The Balaban J connectivity index is 1.13. The van der Waals surface area contributed by atoms with Crippen molar-refractivity contribution < 1.29 is 9.53 Å². The molecule has 1 amide bonds. The highest BCUT2D eigenvalue weighted by Crippen LogP contribution is 2.39. The molecule has 1 unspecified atom stereocenters. The Kier molecular flexibility index (Phi) is 6.37. The molecule has 2 aliphatic heterocycles. The molecule has 0 spiro atoms. The fourth-order valence-corrected chi connectivity index (χ4v) is 5.69. The minimum absolute atomic E-state index is 0.0826. The van der Waals surface area contributed by atoms with Gasteiger partial charge in [0.05, 0.1) is 5.69 Å². The molecule has 2 saturated heterocycles. The molecule has 0 radical (unpaired) electrons. The first kappa shape index (κ1) is 21.3. The third-order valence-corrected chi connectivity index (χ3v) is 7.18. The quantitative estimate of drug-likeness (QED) is 0.721. The van der Waals surface area contributed by atoms with Crippen molar-refractivity contribution >= 4 is 17.4 Å². The Labute approximate surface area is 189 Å². The molecule has 3 heterocycles. The van der Waals surface area contributed by atoms with Crippen LogP contribution in [0.1, 0.15) is 32.6 Å². The maximum absolute atomic E-state index is 11.3. The van der Waals surface area contributed by atoms with Crippen LogP contribution < -0.4 is 10.6 Å². The molecule has 1 aromatic heterocycles. The molecular weight excluding hydrogens is 402 g/mol. The largest absolute Gasteiger partial charge is 0.381 e. The highest BCUT2D eigenvalue weighted by molar-refractivity contribution is 5.89. The number of anilines is 2. The molecule has 2 N–H and O–H groups in total. The second kappa shape index (κ2) is 9.55. The summed E-state index contributed by atoms with van der Waals surface area (Å²) in [5.74, 6) is 3.19. The summed E-state index contributed by atoms with van der Waals surface area (Å²) >= 11 is 0. The van der Waals surface area contributed by atoms with Crippen molar-refractivity contribution in [3.05, 3.63) is 36.4 Å². The number of nitrogens with one attached hydrogen (secondary N) is 2. The number of carbonyl (C=O) groups excluding carboxylic acids is 1. The summed E-state index contributed by atoms with van der Waals surface area (Å²) in [6, 6.07) is 12.2. The summed E-state index contributed by atoms with van der Waals surface area (Å²) in [5, 5.41) is 15.3. The highest BCUT2D eigenvalue weighted by Gasteiger charge is 2.41. The van der Waals surface area contributed by atoms with Crippen LogP contribution in [0.25, 0.3) is 11.3 Å². The molecule has 5 rings (SSSR count). The molecule has 3 atom stereocenters. The Morgan fingerprint density at radius 1 is 1.09 bits per heavy atom. The van der Waals surface area contributed by atoms with Gasteiger partial charge in [0.15, 0.2) is 0 Å². The van der Waals surface area contributed by atoms with Crippen LogP contribution in [0.4, 0.5) is 11.5 Å². The van der Waals surface area contributed by atoms with E-state index in [-0.39, 0.29) is 5.91 Å². The zero-order chi connectivity index (χ0) is 21.9. The summed E-state index contributed by atoms with van der Waals surface area (Å²) in [5.41, 5.74) is 2.51. The number of nitrogens with zero attached hydrogens (tertiary/aromatic N) is 3. The van der Waals surface area contributed by atoms with Gasteiger partial charge < -0.3 is 20.3 Å². The number of carbonyl (C=O) groups is 1. The van der Waals surface area contributed by atoms with Crippen LogP contribution in [-0.2, 0) is 9.53 Å².